The maximum atomic E-state index is 13.9. The molecule has 0 radical (unpaired) electrons. The van der Waals surface area contributed by atoms with E-state index in [2.05, 4.69) is 166 Å². The maximum absolute atomic E-state index is 13.9. The van der Waals surface area contributed by atoms with Crippen molar-refractivity contribution in [2.45, 2.75) is 117 Å². The van der Waals surface area contributed by atoms with Gasteiger partial charge in [0.1, 0.15) is 0 Å². The molecule has 6 rings (SSSR count). The predicted octanol–water partition coefficient (Wildman–Crippen LogP) is 13.6. The minimum absolute atomic E-state index is 0.205. The van der Waals surface area contributed by atoms with Crippen LogP contribution in [0.4, 0.5) is 0 Å². The summed E-state index contributed by atoms with van der Waals surface area (Å²) in [6, 6.07) is 22.1. The van der Waals surface area contributed by atoms with Crippen LogP contribution >= 0.6 is 17.2 Å². The number of amides is 2. The van der Waals surface area contributed by atoms with Gasteiger partial charge in [0.15, 0.2) is 0 Å². The van der Waals surface area contributed by atoms with Crippen LogP contribution in [0.25, 0.3) is 34.4 Å². The van der Waals surface area contributed by atoms with Gasteiger partial charge >= 0.3 is 359 Å². The number of nitrogens with one attached hydrogen (secondary N) is 2. The summed E-state index contributed by atoms with van der Waals surface area (Å²) in [5, 5.41) is 6.64. The molecular formula is C50H62BCl2HfN2O2. The van der Waals surface area contributed by atoms with E-state index in [1.807, 2.05) is 13.8 Å². The number of allylic oxidation sites excluding steroid dienone is 2. The van der Waals surface area contributed by atoms with Gasteiger partial charge in [-0.2, -0.15) is 0 Å². The minimum atomic E-state index is -6.35. The van der Waals surface area contributed by atoms with Gasteiger partial charge in [0.25, 0.3) is 0 Å². The van der Waals surface area contributed by atoms with Crippen LogP contribution < -0.4 is 10.5 Å². The molecule has 0 spiro atoms. The van der Waals surface area contributed by atoms with E-state index in [1.165, 1.54) is 44.5 Å². The van der Waals surface area contributed by atoms with Gasteiger partial charge in [-0.15, -0.1) is 0 Å². The molecule has 305 valence electrons. The molecular weight excluding hydrogens is 921 g/mol. The second kappa shape index (κ2) is 15.7. The Hall–Kier alpha value is -3.18. The van der Waals surface area contributed by atoms with Crippen LogP contribution in [0.3, 0.4) is 0 Å². The number of benzene rings is 4. The molecule has 2 atom stereocenters. The molecule has 2 N–H and O–H groups in total. The fraction of sp³-hybridized carbons (Fsp3) is 0.400. The molecule has 4 nitrogen and oxygen atoms in total. The number of carbonyl (C=O) groups is 2. The van der Waals surface area contributed by atoms with Crippen LogP contribution in [0, 0.1) is 52.4 Å². The van der Waals surface area contributed by atoms with Gasteiger partial charge in [-0.1, -0.05) is 0 Å². The molecule has 2 unspecified atom stereocenters. The monoisotopic (exact) mass is 983 g/mol. The molecule has 0 saturated heterocycles. The zero-order chi connectivity index (χ0) is 42.9. The van der Waals surface area contributed by atoms with Gasteiger partial charge in [-0.3, -0.25) is 0 Å². The van der Waals surface area contributed by atoms with E-state index in [9.17, 15) is 9.59 Å². The predicted molar refractivity (Wildman–Crippen MR) is 247 cm³/mol. The first-order valence-corrected chi connectivity index (χ1v) is 36.1. The summed E-state index contributed by atoms with van der Waals surface area (Å²) >= 11 is -6.35. The Bertz CT molecular complexity index is 2250. The Kier molecular flexibility index (Phi) is 12.0. The molecule has 4 aromatic carbocycles. The average Bonchev–Trinajstić information content (AvgIpc) is 3.76. The van der Waals surface area contributed by atoms with E-state index in [1.54, 1.807) is 0 Å². The Balaban J connectivity index is 1.79. The summed E-state index contributed by atoms with van der Waals surface area (Å²) in [4.78, 5) is 27.7. The quantitative estimate of drug-likeness (QED) is 0.164. The van der Waals surface area contributed by atoms with Crippen molar-refractivity contribution in [3.63, 3.8) is 0 Å². The fourth-order valence-electron chi connectivity index (χ4n) is 9.74. The normalized spacial score (nSPS) is 17.1. The molecule has 2 aliphatic carbocycles. The molecule has 2 amide bonds. The van der Waals surface area contributed by atoms with Gasteiger partial charge in [0.05, 0.1) is 0 Å². The number of hydrogen-bond donors (Lipinski definition) is 2. The van der Waals surface area contributed by atoms with E-state index in [-0.39, 0.29) is 35.5 Å². The van der Waals surface area contributed by atoms with Crippen molar-refractivity contribution in [2.75, 3.05) is 0 Å². The third-order valence-corrected chi connectivity index (χ3v) is 41.1. The molecule has 0 saturated carbocycles. The van der Waals surface area contributed by atoms with Gasteiger partial charge in [0, 0.05) is 0 Å². The van der Waals surface area contributed by atoms with Crippen molar-refractivity contribution in [1.82, 2.24) is 10.5 Å². The molecule has 2 aliphatic rings. The Morgan fingerprint density at radius 1 is 0.603 bits per heavy atom. The topological polar surface area (TPSA) is 58.2 Å². The number of rotatable bonds is 9. The van der Waals surface area contributed by atoms with Crippen molar-refractivity contribution in [2.24, 2.45) is 10.8 Å². The van der Waals surface area contributed by atoms with E-state index >= 15 is 0 Å². The van der Waals surface area contributed by atoms with Crippen LogP contribution in [0.1, 0.15) is 131 Å². The summed E-state index contributed by atoms with van der Waals surface area (Å²) in [5.41, 5.74) is 17.8. The third kappa shape index (κ3) is 7.58. The molecule has 0 aliphatic heterocycles. The van der Waals surface area contributed by atoms with Crippen molar-refractivity contribution >= 4 is 45.7 Å². The third-order valence-electron chi connectivity index (χ3n) is 13.0. The van der Waals surface area contributed by atoms with Crippen molar-refractivity contribution < 1.29 is 25.5 Å². The second-order valence-corrected chi connectivity index (χ2v) is 49.6. The Morgan fingerprint density at radius 2 is 0.966 bits per heavy atom. The molecule has 0 bridgehead atoms. The number of carbonyl (C=O) groups excluding carboxylic acids is 2. The van der Waals surface area contributed by atoms with Crippen molar-refractivity contribution in [3.8, 4) is 22.3 Å². The summed E-state index contributed by atoms with van der Waals surface area (Å²) in [5.74, 6) is -0.409. The fourth-order valence-corrected chi connectivity index (χ4v) is 40.0. The Labute approximate surface area is 356 Å². The molecule has 0 fully saturated rings. The standard InChI is InChI=1S/2C22H25.C6H11BN2O2.2ClH.Hf/c2*1-14-10-15(2)16(3)20(11-14)19-9-7-8-17-12-18(13-21(17)19)22(4,5)6;1-3-5(10)8-7-9-6(11)4-2;;;/h2*7-13H,1-6H3;3-4H2,1-2H3,(H-,8,9,10,11);2*1H;/q;;;;;+1/p-1. The SMILES string of the molecule is CCC(=O)N[B](NC(=O)CC)[Hf]([Cl])([Cl])([CH]1C(C(C)(C)C)=Cc2c(-c3cc(C)cc(C)c3C)cccc21)[CH]1C(C(C)(C)C)=Cc2c(-c3cc(C)cc(C)c3C)cccc21. The molecule has 0 aromatic heterocycles. The molecule has 58 heavy (non-hydrogen) atoms. The summed E-state index contributed by atoms with van der Waals surface area (Å²) in [6.07, 6.45) is 5.13. The van der Waals surface area contributed by atoms with Crippen LogP contribution in [-0.2, 0) is 25.5 Å². The van der Waals surface area contributed by atoms with E-state index in [0.717, 1.165) is 44.5 Å². The van der Waals surface area contributed by atoms with Crippen LogP contribution in [-0.4, -0.2) is 16.4 Å². The zero-order valence-electron chi connectivity index (χ0n) is 37.1. The van der Waals surface area contributed by atoms with Crippen molar-refractivity contribution in [3.05, 3.63) is 127 Å². The summed E-state index contributed by atoms with van der Waals surface area (Å²) in [6.45, 7) is 30.1. The summed E-state index contributed by atoms with van der Waals surface area (Å²) in [7, 11) is 18.1. The first-order valence-electron chi connectivity index (χ1n) is 21.0. The van der Waals surface area contributed by atoms with Crippen LogP contribution in [0.5, 0.6) is 0 Å². The van der Waals surface area contributed by atoms with Gasteiger partial charge in [-0.25, -0.2) is 0 Å². The number of aryl methyl sites for hydroxylation is 4. The first kappa shape index (κ1) is 44.4. The van der Waals surface area contributed by atoms with E-state index < -0.39 is 27.8 Å². The number of hydrogen-bond acceptors (Lipinski definition) is 2. The molecule has 0 heterocycles. The van der Waals surface area contributed by atoms with Crippen molar-refractivity contribution in [1.29, 1.82) is 0 Å². The molecule has 4 aromatic rings. The number of fused-ring (bicyclic) bond motifs is 2. The van der Waals surface area contributed by atoms with Crippen LogP contribution in [0.2, 0.25) is 0 Å². The van der Waals surface area contributed by atoms with Gasteiger partial charge in [-0.05, 0) is 0 Å². The van der Waals surface area contributed by atoms with Crippen LogP contribution in [0.15, 0.2) is 71.8 Å². The average molecular weight is 983 g/mol. The van der Waals surface area contributed by atoms with E-state index in [0.29, 0.717) is 0 Å². The van der Waals surface area contributed by atoms with Gasteiger partial charge in [0.2, 0.25) is 0 Å². The first-order chi connectivity index (χ1) is 26.9. The second-order valence-electron chi connectivity index (χ2n) is 19.2. The van der Waals surface area contributed by atoms with E-state index in [4.69, 9.17) is 17.2 Å². The summed E-state index contributed by atoms with van der Waals surface area (Å²) < 4.78 is -1.91. The molecule has 8 heteroatoms. The number of halogens is 2. The Morgan fingerprint density at radius 3 is 1.29 bits per heavy atom. The van der Waals surface area contributed by atoms with Gasteiger partial charge < -0.3 is 0 Å². The zero-order valence-corrected chi connectivity index (χ0v) is 42.3.